The highest BCUT2D eigenvalue weighted by Crippen LogP contribution is 2.21. The summed E-state index contributed by atoms with van der Waals surface area (Å²) >= 11 is 3.46. The number of aryl methyl sites for hydroxylation is 2. The van der Waals surface area contributed by atoms with E-state index < -0.39 is 0 Å². The summed E-state index contributed by atoms with van der Waals surface area (Å²) in [5, 5.41) is 6.19. The second kappa shape index (κ2) is 5.45. The second-order valence-corrected chi connectivity index (χ2v) is 5.91. The fourth-order valence-corrected chi connectivity index (χ4v) is 2.86. The lowest BCUT2D eigenvalue weighted by molar-refractivity contribution is 0.777. The minimum Gasteiger partial charge on any atom is -0.267 e. The molecule has 0 fully saturated rings. The fraction of sp³-hybridized carbons (Fsp3) is 0.176. The molecular weight excluding hydrogens is 328 g/mol. The zero-order valence-electron chi connectivity index (χ0n) is 11.9. The average Bonchev–Trinajstić information content (AvgIpc) is 2.48. The predicted octanol–water partition coefficient (Wildman–Crippen LogP) is 4.02. The third kappa shape index (κ3) is 2.40. The van der Waals surface area contributed by atoms with Crippen molar-refractivity contribution in [1.29, 1.82) is 0 Å². The molecule has 0 unspecified atom stereocenters. The van der Waals surface area contributed by atoms with Crippen molar-refractivity contribution < 1.29 is 0 Å². The van der Waals surface area contributed by atoms with Gasteiger partial charge in [0.2, 0.25) is 0 Å². The molecule has 0 aliphatic rings. The first-order chi connectivity index (χ1) is 10.1. The van der Waals surface area contributed by atoms with Crippen LogP contribution in [0.4, 0.5) is 0 Å². The van der Waals surface area contributed by atoms with E-state index in [1.54, 1.807) is 0 Å². The van der Waals surface area contributed by atoms with E-state index in [0.29, 0.717) is 5.39 Å². The Morgan fingerprint density at radius 2 is 1.90 bits per heavy atom. The molecule has 0 atom stereocenters. The van der Waals surface area contributed by atoms with Gasteiger partial charge in [-0.05, 0) is 43.2 Å². The minimum absolute atomic E-state index is 0.0796. The Kier molecular flexibility index (Phi) is 3.64. The molecule has 3 aromatic rings. The second-order valence-electron chi connectivity index (χ2n) is 4.99. The van der Waals surface area contributed by atoms with E-state index in [2.05, 4.69) is 28.0 Å². The van der Waals surface area contributed by atoms with Crippen molar-refractivity contribution in [2.45, 2.75) is 20.3 Å². The molecule has 1 heterocycles. The number of hydrogen-bond acceptors (Lipinski definition) is 2. The number of fused-ring (bicyclic) bond motifs is 1. The summed E-state index contributed by atoms with van der Waals surface area (Å²) in [5.41, 5.74) is 2.71. The zero-order chi connectivity index (χ0) is 15.0. The van der Waals surface area contributed by atoms with Crippen LogP contribution in [0.25, 0.3) is 16.5 Å². The van der Waals surface area contributed by atoms with Gasteiger partial charge in [0.05, 0.1) is 16.8 Å². The molecule has 0 amide bonds. The number of rotatable bonds is 2. The van der Waals surface area contributed by atoms with Crippen LogP contribution in [0.15, 0.2) is 51.7 Å². The normalized spacial score (nSPS) is 11.0. The van der Waals surface area contributed by atoms with Crippen LogP contribution in [0.2, 0.25) is 0 Å². The van der Waals surface area contributed by atoms with Gasteiger partial charge in [0.25, 0.3) is 5.56 Å². The summed E-state index contributed by atoms with van der Waals surface area (Å²) in [7, 11) is 0. The number of hydrogen-bond donors (Lipinski definition) is 0. The summed E-state index contributed by atoms with van der Waals surface area (Å²) in [5.74, 6) is 0. The van der Waals surface area contributed by atoms with Crippen molar-refractivity contribution in [2.24, 2.45) is 0 Å². The topological polar surface area (TPSA) is 34.9 Å². The van der Waals surface area contributed by atoms with Gasteiger partial charge in [0.1, 0.15) is 0 Å². The van der Waals surface area contributed by atoms with Crippen LogP contribution >= 0.6 is 15.9 Å². The molecule has 106 valence electrons. The molecular formula is C17H15BrN2O. The SMILES string of the molecule is CCc1nn(-c2ccccc2C)c(=O)c2ccc(Br)cc12. The van der Waals surface area contributed by atoms with Crippen molar-refractivity contribution in [3.8, 4) is 5.69 Å². The first-order valence-electron chi connectivity index (χ1n) is 6.89. The molecule has 0 aliphatic heterocycles. The van der Waals surface area contributed by atoms with Crippen molar-refractivity contribution in [2.75, 3.05) is 0 Å². The molecule has 0 bridgehead atoms. The molecule has 0 N–H and O–H groups in total. The lowest BCUT2D eigenvalue weighted by Gasteiger charge is -2.12. The van der Waals surface area contributed by atoms with Gasteiger partial charge < -0.3 is 0 Å². The highest BCUT2D eigenvalue weighted by Gasteiger charge is 2.12. The van der Waals surface area contributed by atoms with Crippen LogP contribution in [0.1, 0.15) is 18.2 Å². The Morgan fingerprint density at radius 3 is 2.62 bits per heavy atom. The minimum atomic E-state index is -0.0796. The van der Waals surface area contributed by atoms with E-state index in [9.17, 15) is 4.79 Å². The summed E-state index contributed by atoms with van der Waals surface area (Å²) < 4.78 is 2.48. The van der Waals surface area contributed by atoms with E-state index in [1.807, 2.05) is 49.4 Å². The molecule has 0 saturated carbocycles. The Labute approximate surface area is 131 Å². The molecule has 2 aromatic carbocycles. The van der Waals surface area contributed by atoms with Gasteiger partial charge in [-0.1, -0.05) is 41.1 Å². The van der Waals surface area contributed by atoms with Crippen molar-refractivity contribution in [3.05, 3.63) is 68.5 Å². The molecule has 0 radical (unpaired) electrons. The van der Waals surface area contributed by atoms with Crippen LogP contribution in [0.5, 0.6) is 0 Å². The molecule has 0 spiro atoms. The van der Waals surface area contributed by atoms with Crippen LogP contribution in [-0.4, -0.2) is 9.78 Å². The van der Waals surface area contributed by atoms with Crippen LogP contribution in [-0.2, 0) is 6.42 Å². The summed E-state index contributed by atoms with van der Waals surface area (Å²) in [6, 6.07) is 13.5. The lowest BCUT2D eigenvalue weighted by atomic mass is 10.1. The van der Waals surface area contributed by atoms with E-state index in [4.69, 9.17) is 0 Å². The van der Waals surface area contributed by atoms with E-state index in [-0.39, 0.29) is 5.56 Å². The molecule has 1 aromatic heterocycles. The number of benzene rings is 2. The number of para-hydroxylation sites is 1. The van der Waals surface area contributed by atoms with Crippen LogP contribution < -0.4 is 5.56 Å². The van der Waals surface area contributed by atoms with Crippen LogP contribution in [0.3, 0.4) is 0 Å². The lowest BCUT2D eigenvalue weighted by Crippen LogP contribution is -2.23. The van der Waals surface area contributed by atoms with Gasteiger partial charge in [0, 0.05) is 9.86 Å². The van der Waals surface area contributed by atoms with Crippen molar-refractivity contribution >= 4 is 26.7 Å². The standard InChI is InChI=1S/C17H15BrN2O/c1-3-15-14-10-12(18)8-9-13(14)17(21)20(19-15)16-7-5-4-6-11(16)2/h4-10H,3H2,1-2H3. The zero-order valence-corrected chi connectivity index (χ0v) is 13.5. The highest BCUT2D eigenvalue weighted by atomic mass is 79.9. The molecule has 3 nitrogen and oxygen atoms in total. The Bertz CT molecular complexity index is 884. The number of halogens is 1. The fourth-order valence-electron chi connectivity index (χ4n) is 2.50. The van der Waals surface area contributed by atoms with Crippen LogP contribution in [0, 0.1) is 6.92 Å². The van der Waals surface area contributed by atoms with Gasteiger partial charge in [-0.3, -0.25) is 4.79 Å². The molecule has 0 saturated heterocycles. The monoisotopic (exact) mass is 342 g/mol. The van der Waals surface area contributed by atoms with Gasteiger partial charge in [-0.25, -0.2) is 0 Å². The molecule has 3 rings (SSSR count). The largest absolute Gasteiger partial charge is 0.279 e. The van der Waals surface area contributed by atoms with E-state index >= 15 is 0 Å². The maximum absolute atomic E-state index is 12.7. The maximum Gasteiger partial charge on any atom is 0.279 e. The Balaban J connectivity index is 2.41. The molecule has 21 heavy (non-hydrogen) atoms. The number of aromatic nitrogens is 2. The number of nitrogens with zero attached hydrogens (tertiary/aromatic N) is 2. The van der Waals surface area contributed by atoms with Crippen molar-refractivity contribution in [1.82, 2.24) is 9.78 Å². The Hall–Kier alpha value is -1.94. The van der Waals surface area contributed by atoms with Gasteiger partial charge in [-0.2, -0.15) is 9.78 Å². The third-order valence-electron chi connectivity index (χ3n) is 3.61. The predicted molar refractivity (Wildman–Crippen MR) is 89.2 cm³/mol. The Morgan fingerprint density at radius 1 is 1.14 bits per heavy atom. The summed E-state index contributed by atoms with van der Waals surface area (Å²) in [6.45, 7) is 4.04. The van der Waals surface area contributed by atoms with Gasteiger partial charge >= 0.3 is 0 Å². The highest BCUT2D eigenvalue weighted by molar-refractivity contribution is 9.10. The smallest absolute Gasteiger partial charge is 0.267 e. The van der Waals surface area contributed by atoms with Gasteiger partial charge in [-0.15, -0.1) is 0 Å². The molecule has 0 aliphatic carbocycles. The molecule has 4 heteroatoms. The van der Waals surface area contributed by atoms with Gasteiger partial charge in [0.15, 0.2) is 0 Å². The van der Waals surface area contributed by atoms with Crippen molar-refractivity contribution in [3.63, 3.8) is 0 Å². The summed E-state index contributed by atoms with van der Waals surface area (Å²) in [6.07, 6.45) is 0.777. The first kappa shape index (κ1) is 14.0. The third-order valence-corrected chi connectivity index (χ3v) is 4.11. The first-order valence-corrected chi connectivity index (χ1v) is 7.68. The van der Waals surface area contributed by atoms with E-state index in [0.717, 1.165) is 33.2 Å². The quantitative estimate of drug-likeness (QED) is 0.704. The summed E-state index contributed by atoms with van der Waals surface area (Å²) in [4.78, 5) is 12.7. The van der Waals surface area contributed by atoms with E-state index in [1.165, 1.54) is 4.68 Å². The maximum atomic E-state index is 12.7. The average molecular weight is 343 g/mol.